The molecule has 2 N–H and O–H groups in total. The van der Waals surface area contributed by atoms with Crippen LogP contribution in [-0.2, 0) is 4.79 Å². The van der Waals surface area contributed by atoms with E-state index < -0.39 is 5.97 Å². The Labute approximate surface area is 119 Å². The highest BCUT2D eigenvalue weighted by Crippen LogP contribution is 2.18. The molecule has 6 heteroatoms. The molecule has 20 heavy (non-hydrogen) atoms. The van der Waals surface area contributed by atoms with Crippen molar-refractivity contribution < 1.29 is 14.7 Å². The Morgan fingerprint density at radius 3 is 2.85 bits per heavy atom. The minimum Gasteiger partial charge on any atom is -0.478 e. The number of amides is 1. The van der Waals surface area contributed by atoms with Crippen LogP contribution in [0.5, 0.6) is 0 Å². The molecule has 0 bridgehead atoms. The van der Waals surface area contributed by atoms with Gasteiger partial charge in [0.2, 0.25) is 0 Å². The zero-order valence-corrected chi connectivity index (χ0v) is 11.5. The lowest BCUT2D eigenvalue weighted by Gasteiger charge is -2.02. The standard InChI is InChI=1S/C14H12N2O3S/c1-9-8-15-14(20-9)16-13(19)11-4-2-3-10(7-11)5-6-12(17)18/h2-8H,1H3,(H,17,18)(H,15,16,19). The molecule has 1 amide bonds. The van der Waals surface area contributed by atoms with Crippen LogP contribution in [0.25, 0.3) is 6.08 Å². The topological polar surface area (TPSA) is 79.3 Å². The lowest BCUT2D eigenvalue weighted by atomic mass is 10.1. The third-order valence-electron chi connectivity index (χ3n) is 2.41. The molecule has 0 aliphatic heterocycles. The van der Waals surface area contributed by atoms with Crippen molar-refractivity contribution in [3.63, 3.8) is 0 Å². The molecule has 0 spiro atoms. The summed E-state index contributed by atoms with van der Waals surface area (Å²) < 4.78 is 0. The van der Waals surface area contributed by atoms with Gasteiger partial charge in [0.25, 0.3) is 5.91 Å². The van der Waals surface area contributed by atoms with E-state index in [9.17, 15) is 9.59 Å². The maximum absolute atomic E-state index is 12.0. The van der Waals surface area contributed by atoms with Crippen molar-refractivity contribution in [2.45, 2.75) is 6.92 Å². The van der Waals surface area contributed by atoms with Crippen LogP contribution in [0, 0.1) is 6.92 Å². The van der Waals surface area contributed by atoms with Crippen molar-refractivity contribution in [1.29, 1.82) is 0 Å². The first-order valence-corrected chi connectivity index (χ1v) is 6.61. The molecule has 0 saturated heterocycles. The fourth-order valence-electron chi connectivity index (χ4n) is 1.53. The summed E-state index contributed by atoms with van der Waals surface area (Å²) in [4.78, 5) is 27.6. The van der Waals surface area contributed by atoms with E-state index in [0.29, 0.717) is 16.3 Å². The van der Waals surface area contributed by atoms with E-state index in [4.69, 9.17) is 5.11 Å². The second-order valence-electron chi connectivity index (χ2n) is 4.03. The van der Waals surface area contributed by atoms with Gasteiger partial charge in [-0.1, -0.05) is 12.1 Å². The Morgan fingerprint density at radius 1 is 1.40 bits per heavy atom. The van der Waals surface area contributed by atoms with E-state index in [0.717, 1.165) is 11.0 Å². The van der Waals surface area contributed by atoms with E-state index >= 15 is 0 Å². The van der Waals surface area contributed by atoms with Crippen LogP contribution in [0.15, 0.2) is 36.5 Å². The van der Waals surface area contributed by atoms with E-state index in [1.54, 1.807) is 30.5 Å². The maximum atomic E-state index is 12.0. The average Bonchev–Trinajstić information content (AvgIpc) is 2.82. The number of nitrogens with zero attached hydrogens (tertiary/aromatic N) is 1. The second-order valence-corrected chi connectivity index (χ2v) is 5.26. The summed E-state index contributed by atoms with van der Waals surface area (Å²) in [5.41, 5.74) is 1.10. The molecule has 0 unspecified atom stereocenters. The summed E-state index contributed by atoms with van der Waals surface area (Å²) in [7, 11) is 0. The van der Waals surface area contributed by atoms with Gasteiger partial charge in [-0.05, 0) is 30.7 Å². The highest BCUT2D eigenvalue weighted by molar-refractivity contribution is 7.15. The number of carboxylic acid groups (broad SMARTS) is 1. The number of aliphatic carboxylic acids is 1. The molecular formula is C14H12N2O3S. The van der Waals surface area contributed by atoms with Gasteiger partial charge in [-0.2, -0.15) is 0 Å². The molecule has 0 radical (unpaired) electrons. The third kappa shape index (κ3) is 3.76. The highest BCUT2D eigenvalue weighted by atomic mass is 32.1. The third-order valence-corrected chi connectivity index (χ3v) is 3.24. The van der Waals surface area contributed by atoms with Crippen LogP contribution in [0.4, 0.5) is 5.13 Å². The number of rotatable bonds is 4. The summed E-state index contributed by atoms with van der Waals surface area (Å²) in [5.74, 6) is -1.30. The van der Waals surface area contributed by atoms with Crippen LogP contribution in [0.3, 0.4) is 0 Å². The van der Waals surface area contributed by atoms with E-state index in [-0.39, 0.29) is 5.91 Å². The number of aryl methyl sites for hydroxylation is 1. The van der Waals surface area contributed by atoms with Gasteiger partial charge < -0.3 is 5.11 Å². The van der Waals surface area contributed by atoms with Gasteiger partial charge in [-0.15, -0.1) is 11.3 Å². The van der Waals surface area contributed by atoms with Crippen LogP contribution in [0.1, 0.15) is 20.8 Å². The fourth-order valence-corrected chi connectivity index (χ4v) is 2.19. The van der Waals surface area contributed by atoms with Crippen molar-refractivity contribution >= 4 is 34.4 Å². The number of hydrogen-bond acceptors (Lipinski definition) is 4. The van der Waals surface area contributed by atoms with Crippen molar-refractivity contribution in [3.05, 3.63) is 52.5 Å². The molecule has 0 aliphatic rings. The minimum absolute atomic E-state index is 0.273. The summed E-state index contributed by atoms with van der Waals surface area (Å²) in [6, 6.07) is 6.70. The van der Waals surface area contributed by atoms with Gasteiger partial charge in [0.15, 0.2) is 5.13 Å². The second kappa shape index (κ2) is 6.12. The number of thiazole rings is 1. The first kappa shape index (κ1) is 14.0. The number of hydrogen-bond donors (Lipinski definition) is 2. The Balaban J connectivity index is 2.14. The van der Waals surface area contributed by atoms with Gasteiger partial charge in [0, 0.05) is 22.7 Å². The number of nitrogens with one attached hydrogen (secondary N) is 1. The molecule has 0 aliphatic carbocycles. The summed E-state index contributed by atoms with van der Waals surface area (Å²) in [6.45, 7) is 1.91. The van der Waals surface area contributed by atoms with E-state index in [1.165, 1.54) is 17.4 Å². The van der Waals surface area contributed by atoms with Crippen LogP contribution in [-0.4, -0.2) is 22.0 Å². The number of carboxylic acids is 1. The molecule has 1 heterocycles. The normalized spacial score (nSPS) is 10.7. The predicted octanol–water partition coefficient (Wildman–Crippen LogP) is 2.80. The minimum atomic E-state index is -1.03. The molecule has 0 fully saturated rings. The zero-order valence-electron chi connectivity index (χ0n) is 10.7. The zero-order chi connectivity index (χ0) is 14.5. The summed E-state index contributed by atoms with van der Waals surface area (Å²) in [6.07, 6.45) is 4.15. The van der Waals surface area contributed by atoms with Crippen LogP contribution < -0.4 is 5.32 Å². The Bertz CT molecular complexity index is 677. The Kier molecular flexibility index (Phi) is 4.27. The molecule has 2 rings (SSSR count). The molecule has 0 saturated carbocycles. The molecule has 1 aromatic carbocycles. The Morgan fingerprint density at radius 2 is 2.20 bits per heavy atom. The summed E-state index contributed by atoms with van der Waals surface area (Å²) in [5, 5.41) is 11.8. The number of carbonyl (C=O) groups excluding carboxylic acids is 1. The van der Waals surface area contributed by atoms with Crippen molar-refractivity contribution in [1.82, 2.24) is 4.98 Å². The van der Waals surface area contributed by atoms with Gasteiger partial charge in [0.1, 0.15) is 0 Å². The maximum Gasteiger partial charge on any atom is 0.328 e. The number of anilines is 1. The lowest BCUT2D eigenvalue weighted by molar-refractivity contribution is -0.131. The smallest absolute Gasteiger partial charge is 0.328 e. The first-order valence-electron chi connectivity index (χ1n) is 5.79. The largest absolute Gasteiger partial charge is 0.478 e. The molecular weight excluding hydrogens is 276 g/mol. The van der Waals surface area contributed by atoms with Crippen LogP contribution in [0.2, 0.25) is 0 Å². The predicted molar refractivity (Wildman–Crippen MR) is 77.9 cm³/mol. The fraction of sp³-hybridized carbons (Fsp3) is 0.0714. The molecule has 1 aromatic heterocycles. The lowest BCUT2D eigenvalue weighted by Crippen LogP contribution is -2.11. The Hall–Kier alpha value is -2.47. The number of benzene rings is 1. The van der Waals surface area contributed by atoms with Crippen molar-refractivity contribution in [2.75, 3.05) is 5.32 Å². The summed E-state index contributed by atoms with van der Waals surface area (Å²) >= 11 is 1.39. The van der Waals surface area contributed by atoms with Crippen molar-refractivity contribution in [3.8, 4) is 0 Å². The van der Waals surface area contributed by atoms with Crippen LogP contribution >= 0.6 is 11.3 Å². The van der Waals surface area contributed by atoms with Gasteiger partial charge in [-0.25, -0.2) is 9.78 Å². The molecule has 0 atom stereocenters. The van der Waals surface area contributed by atoms with Gasteiger partial charge in [-0.3, -0.25) is 10.1 Å². The average molecular weight is 288 g/mol. The highest BCUT2D eigenvalue weighted by Gasteiger charge is 2.08. The van der Waals surface area contributed by atoms with E-state index in [2.05, 4.69) is 10.3 Å². The van der Waals surface area contributed by atoms with Gasteiger partial charge in [0.05, 0.1) is 0 Å². The van der Waals surface area contributed by atoms with E-state index in [1.807, 2.05) is 6.92 Å². The number of aromatic nitrogens is 1. The van der Waals surface area contributed by atoms with Gasteiger partial charge >= 0.3 is 5.97 Å². The first-order chi connectivity index (χ1) is 9.54. The molecule has 2 aromatic rings. The molecule has 5 nitrogen and oxygen atoms in total. The monoisotopic (exact) mass is 288 g/mol. The quantitative estimate of drug-likeness (QED) is 0.848. The van der Waals surface area contributed by atoms with Crippen molar-refractivity contribution in [2.24, 2.45) is 0 Å². The SMILES string of the molecule is Cc1cnc(NC(=O)c2cccc(C=CC(=O)O)c2)s1. The number of carbonyl (C=O) groups is 2. The molecule has 102 valence electrons.